The van der Waals surface area contributed by atoms with Crippen molar-refractivity contribution in [3.63, 3.8) is 0 Å². The van der Waals surface area contributed by atoms with Crippen LogP contribution in [0.5, 0.6) is 5.75 Å². The Morgan fingerprint density at radius 1 is 1.55 bits per heavy atom. The molecule has 0 fully saturated rings. The van der Waals surface area contributed by atoms with Gasteiger partial charge in [0.25, 0.3) is 0 Å². The number of halogens is 1. The minimum absolute atomic E-state index is 0.0662. The van der Waals surface area contributed by atoms with Crippen LogP contribution in [0, 0.1) is 10.1 Å². The summed E-state index contributed by atoms with van der Waals surface area (Å²) in [4.78, 5) is 21.1. The average Bonchev–Trinajstić information content (AvgIpc) is 2.38. The molecule has 0 aliphatic rings. The minimum atomic E-state index is -0.516. The van der Waals surface area contributed by atoms with Gasteiger partial charge in [0.15, 0.2) is 10.9 Å². The van der Waals surface area contributed by atoms with Crippen LogP contribution in [-0.4, -0.2) is 22.9 Å². The zero-order valence-electron chi connectivity index (χ0n) is 11.1. The Balaban J connectivity index is 2.84. The molecule has 0 radical (unpaired) electrons. The third-order valence-electron chi connectivity index (χ3n) is 2.38. The summed E-state index contributed by atoms with van der Waals surface area (Å²) in [5.41, 5.74) is 0.418. The number of nitro benzene ring substituents is 1. The summed E-state index contributed by atoms with van der Waals surface area (Å²) >= 11 is 7.27. The Bertz CT molecular complexity index is 545. The van der Waals surface area contributed by atoms with Crippen LogP contribution < -0.4 is 4.74 Å². The van der Waals surface area contributed by atoms with Gasteiger partial charge >= 0.3 is 5.69 Å². The molecule has 0 aliphatic carbocycles. The van der Waals surface area contributed by atoms with E-state index < -0.39 is 4.92 Å². The molecule has 0 spiro atoms. The second-order valence-electron chi connectivity index (χ2n) is 3.83. The first-order valence-corrected chi connectivity index (χ1v) is 7.14. The second-order valence-corrected chi connectivity index (χ2v) is 5.51. The minimum Gasteiger partial charge on any atom is -0.490 e. The molecule has 0 atom stereocenters. The van der Waals surface area contributed by atoms with Crippen LogP contribution >= 0.6 is 23.4 Å². The van der Waals surface area contributed by atoms with Gasteiger partial charge in [-0.05, 0) is 12.0 Å². The molecule has 0 saturated heterocycles. The van der Waals surface area contributed by atoms with Crippen LogP contribution in [0.1, 0.15) is 18.9 Å². The molecule has 7 heteroatoms. The SMILES string of the molecule is COc1cc(Cl)c(C=CCCSC(C)=O)cc1[N+](=O)[O-]. The Morgan fingerprint density at radius 3 is 2.80 bits per heavy atom. The third-order valence-corrected chi connectivity index (χ3v) is 3.56. The van der Waals surface area contributed by atoms with E-state index in [1.165, 1.54) is 37.9 Å². The number of carbonyl (C=O) groups is 1. The molecule has 0 saturated carbocycles. The van der Waals surface area contributed by atoms with E-state index in [9.17, 15) is 14.9 Å². The number of benzene rings is 1. The first-order chi connectivity index (χ1) is 9.45. The molecule has 0 unspecified atom stereocenters. The summed E-state index contributed by atoms with van der Waals surface area (Å²) in [6.07, 6.45) is 4.21. The van der Waals surface area contributed by atoms with Gasteiger partial charge in [0, 0.05) is 24.8 Å². The maximum Gasteiger partial charge on any atom is 0.311 e. The average molecular weight is 316 g/mol. The topological polar surface area (TPSA) is 69.4 Å². The van der Waals surface area contributed by atoms with E-state index >= 15 is 0 Å². The molecule has 20 heavy (non-hydrogen) atoms. The van der Waals surface area contributed by atoms with E-state index in [1.54, 1.807) is 6.08 Å². The van der Waals surface area contributed by atoms with Crippen LogP contribution in [-0.2, 0) is 4.79 Å². The number of methoxy groups -OCH3 is 1. The van der Waals surface area contributed by atoms with E-state index in [0.29, 0.717) is 22.8 Å². The number of thioether (sulfide) groups is 1. The normalized spacial score (nSPS) is 10.8. The van der Waals surface area contributed by atoms with Crippen molar-refractivity contribution in [2.24, 2.45) is 0 Å². The van der Waals surface area contributed by atoms with Crippen LogP contribution in [0.15, 0.2) is 18.2 Å². The number of ether oxygens (including phenoxy) is 1. The van der Waals surface area contributed by atoms with Gasteiger partial charge in [-0.2, -0.15) is 0 Å². The Hall–Kier alpha value is -1.53. The van der Waals surface area contributed by atoms with Gasteiger partial charge in [0.2, 0.25) is 0 Å². The van der Waals surface area contributed by atoms with Crippen LogP contribution in [0.25, 0.3) is 6.08 Å². The zero-order valence-corrected chi connectivity index (χ0v) is 12.7. The fraction of sp³-hybridized carbons (Fsp3) is 0.308. The van der Waals surface area contributed by atoms with Crippen molar-refractivity contribution in [2.45, 2.75) is 13.3 Å². The summed E-state index contributed by atoms with van der Waals surface area (Å²) in [5, 5.41) is 11.4. The number of carbonyl (C=O) groups excluding carboxylic acids is 1. The number of hydrogen-bond donors (Lipinski definition) is 0. The van der Waals surface area contributed by atoms with E-state index in [4.69, 9.17) is 16.3 Å². The molecular weight excluding hydrogens is 302 g/mol. The Morgan fingerprint density at radius 2 is 2.25 bits per heavy atom. The molecule has 0 aliphatic heterocycles. The number of hydrogen-bond acceptors (Lipinski definition) is 5. The van der Waals surface area contributed by atoms with E-state index in [-0.39, 0.29) is 16.6 Å². The number of nitro groups is 1. The van der Waals surface area contributed by atoms with Gasteiger partial charge in [-0.15, -0.1) is 0 Å². The lowest BCUT2D eigenvalue weighted by Gasteiger charge is -2.04. The fourth-order valence-electron chi connectivity index (χ4n) is 1.47. The van der Waals surface area contributed by atoms with Gasteiger partial charge in [0.1, 0.15) is 0 Å². The summed E-state index contributed by atoms with van der Waals surface area (Å²) in [6.45, 7) is 1.51. The maximum absolute atomic E-state index is 10.9. The van der Waals surface area contributed by atoms with E-state index in [2.05, 4.69) is 0 Å². The summed E-state index contributed by atoms with van der Waals surface area (Å²) < 4.78 is 4.92. The smallest absolute Gasteiger partial charge is 0.311 e. The lowest BCUT2D eigenvalue weighted by atomic mass is 10.1. The van der Waals surface area contributed by atoms with Crippen LogP contribution in [0.2, 0.25) is 5.02 Å². The first-order valence-electron chi connectivity index (χ1n) is 5.77. The maximum atomic E-state index is 10.9. The number of allylic oxidation sites excluding steroid dienone is 1. The highest BCUT2D eigenvalue weighted by Crippen LogP contribution is 2.33. The third kappa shape index (κ3) is 4.86. The highest BCUT2D eigenvalue weighted by Gasteiger charge is 2.17. The first kappa shape index (κ1) is 16.5. The van der Waals surface area contributed by atoms with Crippen molar-refractivity contribution in [1.29, 1.82) is 0 Å². The Kier molecular flexibility index (Phi) is 6.54. The predicted molar refractivity (Wildman–Crippen MR) is 81.4 cm³/mol. The molecule has 5 nitrogen and oxygen atoms in total. The van der Waals surface area contributed by atoms with Crippen molar-refractivity contribution in [3.05, 3.63) is 38.9 Å². The standard InChI is InChI=1S/C13H14ClNO4S/c1-9(16)20-6-4-3-5-10-7-12(15(17)18)13(19-2)8-11(10)14/h3,5,7-8H,4,6H2,1-2H3. The molecular formula is C13H14ClNO4S. The fourth-order valence-corrected chi connectivity index (χ4v) is 2.23. The molecule has 1 aromatic carbocycles. The highest BCUT2D eigenvalue weighted by molar-refractivity contribution is 8.13. The monoisotopic (exact) mass is 315 g/mol. The largest absolute Gasteiger partial charge is 0.490 e. The van der Waals surface area contributed by atoms with Gasteiger partial charge < -0.3 is 4.74 Å². The number of rotatable bonds is 6. The quantitative estimate of drug-likeness (QED) is 0.452. The van der Waals surface area contributed by atoms with Gasteiger partial charge in [-0.3, -0.25) is 14.9 Å². The molecule has 0 aromatic heterocycles. The van der Waals surface area contributed by atoms with Gasteiger partial charge in [-0.25, -0.2) is 0 Å². The van der Waals surface area contributed by atoms with Gasteiger partial charge in [-0.1, -0.05) is 35.5 Å². The van der Waals surface area contributed by atoms with Gasteiger partial charge in [0.05, 0.1) is 17.1 Å². The van der Waals surface area contributed by atoms with Crippen molar-refractivity contribution in [1.82, 2.24) is 0 Å². The van der Waals surface area contributed by atoms with Crippen LogP contribution in [0.3, 0.4) is 0 Å². The number of nitrogens with zero attached hydrogens (tertiary/aromatic N) is 1. The van der Waals surface area contributed by atoms with Crippen molar-refractivity contribution < 1.29 is 14.5 Å². The van der Waals surface area contributed by atoms with E-state index in [1.807, 2.05) is 6.08 Å². The lowest BCUT2D eigenvalue weighted by Crippen LogP contribution is -1.94. The molecule has 0 amide bonds. The van der Waals surface area contributed by atoms with Crippen LogP contribution in [0.4, 0.5) is 5.69 Å². The molecule has 1 rings (SSSR count). The summed E-state index contributed by atoms with van der Waals surface area (Å²) in [5.74, 6) is 0.797. The highest BCUT2D eigenvalue weighted by atomic mass is 35.5. The second kappa shape index (κ2) is 7.91. The zero-order chi connectivity index (χ0) is 15.1. The molecule has 0 bridgehead atoms. The van der Waals surface area contributed by atoms with Crippen molar-refractivity contribution in [3.8, 4) is 5.75 Å². The van der Waals surface area contributed by atoms with Crippen molar-refractivity contribution >= 4 is 40.2 Å². The molecule has 0 heterocycles. The lowest BCUT2D eigenvalue weighted by molar-refractivity contribution is -0.385. The molecule has 1 aromatic rings. The van der Waals surface area contributed by atoms with Crippen molar-refractivity contribution in [2.75, 3.05) is 12.9 Å². The predicted octanol–water partition coefficient (Wildman–Crippen LogP) is 3.94. The molecule has 108 valence electrons. The molecule has 0 N–H and O–H groups in total. The van der Waals surface area contributed by atoms with E-state index in [0.717, 1.165) is 0 Å². The Labute approximate surface area is 126 Å². The summed E-state index contributed by atoms with van der Waals surface area (Å²) in [6, 6.07) is 2.79. The summed E-state index contributed by atoms with van der Waals surface area (Å²) in [7, 11) is 1.35.